The Balaban J connectivity index is 2.29. The molecule has 3 rings (SSSR count). The van der Waals surface area contributed by atoms with Crippen LogP contribution in [-0.2, 0) is 0 Å². The van der Waals surface area contributed by atoms with Crippen LogP contribution in [0, 0.1) is 0 Å². The lowest BCUT2D eigenvalue weighted by atomic mass is 10.0. The first-order valence-electron chi connectivity index (χ1n) is 6.99. The first-order chi connectivity index (χ1) is 11.1. The number of nitrogens with zero attached hydrogens (tertiary/aromatic N) is 1. The second-order valence-corrected chi connectivity index (χ2v) is 4.94. The number of methoxy groups -OCH3 is 2. The fourth-order valence-corrected chi connectivity index (χ4v) is 2.50. The lowest BCUT2D eigenvalue weighted by molar-refractivity contribution is 0.0699. The molecule has 0 bridgehead atoms. The smallest absolute Gasteiger partial charge is 0.336 e. The van der Waals surface area contributed by atoms with Crippen LogP contribution in [0.3, 0.4) is 0 Å². The summed E-state index contributed by atoms with van der Waals surface area (Å²) >= 11 is 0. The van der Waals surface area contributed by atoms with E-state index in [-0.39, 0.29) is 5.56 Å². The number of carboxylic acid groups (broad SMARTS) is 1. The Kier molecular flexibility index (Phi) is 3.85. The van der Waals surface area contributed by atoms with E-state index in [1.54, 1.807) is 31.4 Å². The van der Waals surface area contributed by atoms with Gasteiger partial charge in [-0.3, -0.25) is 0 Å². The maximum absolute atomic E-state index is 11.7. The number of fused-ring (bicyclic) bond motifs is 1. The van der Waals surface area contributed by atoms with Gasteiger partial charge in [-0.05, 0) is 36.4 Å². The third kappa shape index (κ3) is 2.68. The van der Waals surface area contributed by atoms with Gasteiger partial charge < -0.3 is 14.6 Å². The average Bonchev–Trinajstić information content (AvgIpc) is 2.60. The van der Waals surface area contributed by atoms with Crippen LogP contribution in [0.15, 0.2) is 48.5 Å². The normalized spacial score (nSPS) is 10.5. The number of hydrogen-bond donors (Lipinski definition) is 1. The second-order valence-electron chi connectivity index (χ2n) is 4.94. The molecule has 3 aromatic rings. The molecule has 0 aliphatic heterocycles. The van der Waals surface area contributed by atoms with E-state index in [2.05, 4.69) is 4.98 Å². The average molecular weight is 309 g/mol. The largest absolute Gasteiger partial charge is 0.497 e. The summed E-state index contributed by atoms with van der Waals surface area (Å²) in [6, 6.07) is 14.1. The van der Waals surface area contributed by atoms with Gasteiger partial charge in [-0.1, -0.05) is 12.1 Å². The van der Waals surface area contributed by atoms with Gasteiger partial charge in [0.2, 0.25) is 0 Å². The Bertz CT molecular complexity index is 889. The molecular weight excluding hydrogens is 294 g/mol. The zero-order valence-corrected chi connectivity index (χ0v) is 12.7. The van der Waals surface area contributed by atoms with Gasteiger partial charge in [0.15, 0.2) is 0 Å². The number of aromatic carboxylic acids is 1. The van der Waals surface area contributed by atoms with Crippen LogP contribution < -0.4 is 9.47 Å². The van der Waals surface area contributed by atoms with Crippen molar-refractivity contribution in [2.24, 2.45) is 0 Å². The molecule has 0 aliphatic rings. The third-order valence-electron chi connectivity index (χ3n) is 3.63. The van der Waals surface area contributed by atoms with Crippen LogP contribution >= 0.6 is 0 Å². The molecule has 0 amide bonds. The highest BCUT2D eigenvalue weighted by Gasteiger charge is 2.15. The Labute approximate surface area is 133 Å². The highest BCUT2D eigenvalue weighted by atomic mass is 16.5. The maximum atomic E-state index is 11.7. The van der Waals surface area contributed by atoms with Gasteiger partial charge in [0.25, 0.3) is 0 Å². The molecule has 1 aromatic heterocycles. The summed E-state index contributed by atoms with van der Waals surface area (Å²) in [6.45, 7) is 0. The van der Waals surface area contributed by atoms with Crippen molar-refractivity contribution < 1.29 is 19.4 Å². The van der Waals surface area contributed by atoms with E-state index < -0.39 is 5.97 Å². The van der Waals surface area contributed by atoms with Crippen molar-refractivity contribution in [2.75, 3.05) is 14.2 Å². The number of ether oxygens (including phenoxy) is 2. The first-order valence-corrected chi connectivity index (χ1v) is 6.99. The second kappa shape index (κ2) is 5.96. The zero-order chi connectivity index (χ0) is 16.4. The molecule has 23 heavy (non-hydrogen) atoms. The van der Waals surface area contributed by atoms with Crippen molar-refractivity contribution in [3.63, 3.8) is 0 Å². The summed E-state index contributed by atoms with van der Waals surface area (Å²) in [5, 5.41) is 10.1. The van der Waals surface area contributed by atoms with Gasteiger partial charge in [0, 0.05) is 10.9 Å². The Morgan fingerprint density at radius 1 is 1.04 bits per heavy atom. The lowest BCUT2D eigenvalue weighted by Crippen LogP contribution is -2.01. The lowest BCUT2D eigenvalue weighted by Gasteiger charge is -2.11. The molecule has 1 heterocycles. The molecule has 0 saturated carbocycles. The van der Waals surface area contributed by atoms with Gasteiger partial charge in [-0.15, -0.1) is 0 Å². The summed E-state index contributed by atoms with van der Waals surface area (Å²) in [5.74, 6) is 0.220. The molecule has 0 atom stereocenters. The summed E-state index contributed by atoms with van der Waals surface area (Å²) < 4.78 is 10.5. The van der Waals surface area contributed by atoms with Crippen LogP contribution in [0.2, 0.25) is 0 Å². The van der Waals surface area contributed by atoms with E-state index in [9.17, 15) is 9.90 Å². The van der Waals surface area contributed by atoms with Crippen LogP contribution in [0.25, 0.3) is 22.2 Å². The minimum Gasteiger partial charge on any atom is -0.497 e. The molecule has 0 saturated heterocycles. The van der Waals surface area contributed by atoms with E-state index in [4.69, 9.17) is 9.47 Å². The van der Waals surface area contributed by atoms with E-state index in [0.29, 0.717) is 28.1 Å². The van der Waals surface area contributed by atoms with Crippen molar-refractivity contribution >= 4 is 16.9 Å². The van der Waals surface area contributed by atoms with Gasteiger partial charge in [0.1, 0.15) is 11.5 Å². The number of rotatable bonds is 4. The fraction of sp³-hybridized carbons (Fsp3) is 0.111. The van der Waals surface area contributed by atoms with Crippen molar-refractivity contribution in [3.8, 4) is 22.8 Å². The molecule has 1 N–H and O–H groups in total. The number of benzene rings is 2. The SMILES string of the molecule is COc1ccc2nc(-c3ccccc3OC)cc(C(=O)O)c2c1. The minimum atomic E-state index is -1.01. The van der Waals surface area contributed by atoms with Crippen LogP contribution in [0.5, 0.6) is 11.5 Å². The standard InChI is InChI=1S/C18H15NO4/c1-22-11-7-8-15-13(9-11)14(18(20)21)10-16(19-15)12-5-3-4-6-17(12)23-2/h3-10H,1-2H3,(H,20,21). The fourth-order valence-electron chi connectivity index (χ4n) is 2.50. The molecule has 5 heteroatoms. The van der Waals surface area contributed by atoms with Crippen molar-refractivity contribution in [3.05, 3.63) is 54.1 Å². The Morgan fingerprint density at radius 3 is 2.52 bits per heavy atom. The van der Waals surface area contributed by atoms with Crippen LogP contribution in [-0.4, -0.2) is 30.3 Å². The molecule has 0 aliphatic carbocycles. The number of aromatic nitrogens is 1. The van der Waals surface area contributed by atoms with Gasteiger partial charge in [-0.25, -0.2) is 9.78 Å². The van der Waals surface area contributed by atoms with E-state index in [0.717, 1.165) is 5.56 Å². The van der Waals surface area contributed by atoms with Gasteiger partial charge in [0.05, 0.1) is 31.0 Å². The van der Waals surface area contributed by atoms with Gasteiger partial charge in [-0.2, -0.15) is 0 Å². The molecule has 0 radical (unpaired) electrons. The quantitative estimate of drug-likeness (QED) is 0.797. The van der Waals surface area contributed by atoms with Crippen LogP contribution in [0.1, 0.15) is 10.4 Å². The van der Waals surface area contributed by atoms with Crippen molar-refractivity contribution in [1.29, 1.82) is 0 Å². The monoisotopic (exact) mass is 309 g/mol. The number of pyridine rings is 1. The first kappa shape index (κ1) is 14.8. The van der Waals surface area contributed by atoms with E-state index in [1.807, 2.05) is 24.3 Å². The summed E-state index contributed by atoms with van der Waals surface area (Å²) in [4.78, 5) is 16.2. The molecule has 116 valence electrons. The molecule has 5 nitrogen and oxygen atoms in total. The summed E-state index contributed by atoms with van der Waals surface area (Å²) in [5.41, 5.74) is 2.06. The van der Waals surface area contributed by atoms with E-state index in [1.165, 1.54) is 7.11 Å². The highest BCUT2D eigenvalue weighted by Crippen LogP contribution is 2.32. The summed E-state index contributed by atoms with van der Waals surface area (Å²) in [6.07, 6.45) is 0. The predicted octanol–water partition coefficient (Wildman–Crippen LogP) is 3.62. The maximum Gasteiger partial charge on any atom is 0.336 e. The van der Waals surface area contributed by atoms with Crippen molar-refractivity contribution in [1.82, 2.24) is 4.98 Å². The Hall–Kier alpha value is -3.08. The molecule has 0 fully saturated rings. The zero-order valence-electron chi connectivity index (χ0n) is 12.7. The number of carbonyl (C=O) groups is 1. The minimum absolute atomic E-state index is 0.176. The number of para-hydroxylation sites is 1. The van der Waals surface area contributed by atoms with Crippen LogP contribution in [0.4, 0.5) is 0 Å². The topological polar surface area (TPSA) is 68.7 Å². The predicted molar refractivity (Wildman–Crippen MR) is 87.2 cm³/mol. The molecule has 2 aromatic carbocycles. The molecule has 0 unspecified atom stereocenters. The molecular formula is C18H15NO4. The number of hydrogen-bond acceptors (Lipinski definition) is 4. The van der Waals surface area contributed by atoms with E-state index >= 15 is 0 Å². The van der Waals surface area contributed by atoms with Crippen molar-refractivity contribution in [2.45, 2.75) is 0 Å². The number of carboxylic acids is 1. The summed E-state index contributed by atoms with van der Waals surface area (Å²) in [7, 11) is 3.11. The Morgan fingerprint density at radius 2 is 1.83 bits per heavy atom. The van der Waals surface area contributed by atoms with Gasteiger partial charge >= 0.3 is 5.97 Å². The highest BCUT2D eigenvalue weighted by molar-refractivity contribution is 6.04. The third-order valence-corrected chi connectivity index (χ3v) is 3.63. The molecule has 0 spiro atoms.